The topological polar surface area (TPSA) is 66.9 Å². The van der Waals surface area contributed by atoms with Crippen molar-refractivity contribution in [2.75, 3.05) is 0 Å². The lowest BCUT2D eigenvalue weighted by Crippen LogP contribution is -2.23. The molecule has 0 aliphatic carbocycles. The lowest BCUT2D eigenvalue weighted by atomic mass is 10.1. The van der Waals surface area contributed by atoms with E-state index in [-0.39, 0.29) is 0 Å². The lowest BCUT2D eigenvalue weighted by Gasteiger charge is -2.02. The second kappa shape index (κ2) is 4.39. The zero-order valence-electron chi connectivity index (χ0n) is 7.03. The van der Waals surface area contributed by atoms with Crippen LogP contribution in [0, 0.1) is 11.3 Å². The van der Waals surface area contributed by atoms with E-state index < -0.39 is 6.04 Å². The van der Waals surface area contributed by atoms with Crippen LogP contribution in [0.1, 0.15) is 11.1 Å². The monoisotopic (exact) mass is 173 g/mol. The van der Waals surface area contributed by atoms with Crippen molar-refractivity contribution in [2.45, 2.75) is 12.5 Å². The number of hydrogen-bond acceptors (Lipinski definition) is 3. The second-order valence-corrected chi connectivity index (χ2v) is 2.74. The van der Waals surface area contributed by atoms with E-state index in [2.05, 4.69) is 0 Å². The largest absolute Gasteiger partial charge is 0.321 e. The summed E-state index contributed by atoms with van der Waals surface area (Å²) in [5.41, 5.74) is 6.85. The molecule has 2 N–H and O–H groups in total. The summed E-state index contributed by atoms with van der Waals surface area (Å²) in [4.78, 5) is 10.1. The van der Waals surface area contributed by atoms with Crippen LogP contribution in [-0.2, 0) is 11.2 Å². The predicted octanol–water partition coefficient (Wildman–Crippen LogP) is 0.538. The summed E-state index contributed by atoms with van der Waals surface area (Å²) in [6, 6.07) is 8.44. The maximum absolute atomic E-state index is 10.1. The molecule has 13 heavy (non-hydrogen) atoms. The maximum Gasteiger partial charge on any atom is 0.217 e. The van der Waals surface area contributed by atoms with Gasteiger partial charge in [0.25, 0.3) is 0 Å². The predicted molar refractivity (Wildman–Crippen MR) is 48.5 cm³/mol. The Morgan fingerprint density at radius 1 is 1.54 bits per heavy atom. The molecule has 0 aliphatic rings. The average Bonchev–Trinajstić information content (AvgIpc) is 2.18. The van der Waals surface area contributed by atoms with Gasteiger partial charge in [0.1, 0.15) is 0 Å². The number of benzene rings is 1. The van der Waals surface area contributed by atoms with E-state index >= 15 is 0 Å². The summed E-state index contributed by atoms with van der Waals surface area (Å²) in [6.07, 6.45) is 2.13. The Balaban J connectivity index is 2.78. The van der Waals surface area contributed by atoms with Crippen molar-refractivity contribution in [3.63, 3.8) is 0 Å². The molecule has 1 rings (SSSR count). The van der Waals surface area contributed by atoms with Crippen LogP contribution in [0.15, 0.2) is 24.3 Å². The van der Waals surface area contributed by atoms with Crippen LogP contribution in [0.3, 0.4) is 0 Å². The molecule has 3 nitrogen and oxygen atoms in total. The molecular formula is C10H9N2O. The molecule has 0 unspecified atom stereocenters. The third-order valence-electron chi connectivity index (χ3n) is 1.66. The molecule has 0 fully saturated rings. The van der Waals surface area contributed by atoms with E-state index in [0.29, 0.717) is 12.0 Å². The molecule has 0 bridgehead atoms. The van der Waals surface area contributed by atoms with Gasteiger partial charge in [-0.2, -0.15) is 5.26 Å². The van der Waals surface area contributed by atoms with Crippen molar-refractivity contribution in [1.29, 1.82) is 5.26 Å². The van der Waals surface area contributed by atoms with E-state index in [1.165, 1.54) is 0 Å². The molecule has 0 aliphatic heterocycles. The Bertz CT molecular complexity index is 341. The Morgan fingerprint density at radius 2 is 2.31 bits per heavy atom. The van der Waals surface area contributed by atoms with Crippen molar-refractivity contribution in [3.05, 3.63) is 35.4 Å². The molecule has 0 aromatic heterocycles. The smallest absolute Gasteiger partial charge is 0.217 e. The van der Waals surface area contributed by atoms with Gasteiger partial charge < -0.3 is 5.73 Å². The first-order chi connectivity index (χ1) is 6.26. The van der Waals surface area contributed by atoms with Crippen LogP contribution < -0.4 is 5.73 Å². The Morgan fingerprint density at radius 3 is 2.92 bits per heavy atom. The molecule has 0 amide bonds. The van der Waals surface area contributed by atoms with Gasteiger partial charge in [-0.15, -0.1) is 0 Å². The molecule has 1 aromatic carbocycles. The maximum atomic E-state index is 10.1. The molecular weight excluding hydrogens is 164 g/mol. The zero-order valence-corrected chi connectivity index (χ0v) is 7.03. The normalized spacial score (nSPS) is 11.7. The molecule has 0 spiro atoms. The Labute approximate surface area is 76.8 Å². The molecule has 65 valence electrons. The number of nitriles is 1. The minimum Gasteiger partial charge on any atom is -0.321 e. The first-order valence-electron chi connectivity index (χ1n) is 3.88. The second-order valence-electron chi connectivity index (χ2n) is 2.74. The van der Waals surface area contributed by atoms with Crippen LogP contribution in [0.5, 0.6) is 0 Å². The summed E-state index contributed by atoms with van der Waals surface area (Å²) in [5.74, 6) is 0. The van der Waals surface area contributed by atoms with Gasteiger partial charge >= 0.3 is 0 Å². The van der Waals surface area contributed by atoms with Crippen molar-refractivity contribution in [1.82, 2.24) is 0 Å². The van der Waals surface area contributed by atoms with Crippen LogP contribution in [0.2, 0.25) is 0 Å². The van der Waals surface area contributed by atoms with E-state index in [0.717, 1.165) is 5.56 Å². The first-order valence-corrected chi connectivity index (χ1v) is 3.88. The lowest BCUT2D eigenvalue weighted by molar-refractivity contribution is 0.541. The van der Waals surface area contributed by atoms with Gasteiger partial charge in [0.2, 0.25) is 6.29 Å². The van der Waals surface area contributed by atoms with Crippen molar-refractivity contribution < 1.29 is 4.79 Å². The summed E-state index contributed by atoms with van der Waals surface area (Å²) in [6.45, 7) is 0. The molecule has 0 saturated heterocycles. The fourth-order valence-corrected chi connectivity index (χ4v) is 1.06. The molecule has 0 saturated carbocycles. The molecule has 1 atom stereocenters. The number of rotatable bonds is 3. The Kier molecular flexibility index (Phi) is 3.18. The fourth-order valence-electron chi connectivity index (χ4n) is 1.06. The van der Waals surface area contributed by atoms with E-state index in [9.17, 15) is 4.79 Å². The van der Waals surface area contributed by atoms with Gasteiger partial charge in [0.05, 0.1) is 17.7 Å². The summed E-state index contributed by atoms with van der Waals surface area (Å²) in [7, 11) is 0. The minimum absolute atomic E-state index is 0.430. The molecule has 1 aromatic rings. The quantitative estimate of drug-likeness (QED) is 0.725. The van der Waals surface area contributed by atoms with E-state index in [4.69, 9.17) is 11.0 Å². The van der Waals surface area contributed by atoms with E-state index in [1.54, 1.807) is 24.5 Å². The summed E-state index contributed by atoms with van der Waals surface area (Å²) in [5, 5.41) is 8.59. The first kappa shape index (κ1) is 9.43. The van der Waals surface area contributed by atoms with Gasteiger partial charge in [-0.3, -0.25) is 4.79 Å². The third kappa shape index (κ3) is 2.69. The molecule has 1 radical (unpaired) electrons. The van der Waals surface area contributed by atoms with Crippen LogP contribution in [0.4, 0.5) is 0 Å². The summed E-state index contributed by atoms with van der Waals surface area (Å²) < 4.78 is 0. The standard InChI is InChI=1S/C10H9N2O/c11-6-9-3-1-2-8(4-9)5-10(12)7-13/h1-4,10H,5,12H2/t10-/m0/s1. The highest BCUT2D eigenvalue weighted by Gasteiger charge is 2.03. The number of nitrogens with two attached hydrogens (primary N) is 1. The molecule has 0 heterocycles. The Hall–Kier alpha value is -1.66. The van der Waals surface area contributed by atoms with Gasteiger partial charge in [0, 0.05) is 0 Å². The van der Waals surface area contributed by atoms with Crippen molar-refractivity contribution >= 4 is 6.29 Å². The zero-order chi connectivity index (χ0) is 9.68. The van der Waals surface area contributed by atoms with Crippen molar-refractivity contribution in [3.8, 4) is 6.07 Å². The van der Waals surface area contributed by atoms with Crippen molar-refractivity contribution in [2.24, 2.45) is 5.73 Å². The van der Waals surface area contributed by atoms with Crippen LogP contribution in [-0.4, -0.2) is 12.3 Å². The number of hydrogen-bond donors (Lipinski definition) is 1. The van der Waals surface area contributed by atoms with Gasteiger partial charge in [-0.25, -0.2) is 0 Å². The number of carbonyl (C=O) groups excluding carboxylic acids is 1. The van der Waals surface area contributed by atoms with Gasteiger partial charge in [-0.1, -0.05) is 12.1 Å². The summed E-state index contributed by atoms with van der Waals surface area (Å²) >= 11 is 0. The minimum atomic E-state index is -0.603. The highest BCUT2D eigenvalue weighted by Crippen LogP contribution is 2.05. The van der Waals surface area contributed by atoms with Crippen LogP contribution >= 0.6 is 0 Å². The van der Waals surface area contributed by atoms with Gasteiger partial charge in [0.15, 0.2) is 0 Å². The molecule has 3 heteroatoms. The fraction of sp³-hybridized carbons (Fsp3) is 0.200. The van der Waals surface area contributed by atoms with Gasteiger partial charge in [-0.05, 0) is 24.1 Å². The highest BCUT2D eigenvalue weighted by molar-refractivity contribution is 5.58. The highest BCUT2D eigenvalue weighted by atomic mass is 16.1. The SMILES string of the molecule is N#Cc1cccc(C[C@H](N)[C]=O)c1. The average molecular weight is 173 g/mol. The van der Waals surface area contributed by atoms with E-state index in [1.807, 2.05) is 12.1 Å². The number of nitrogens with zero attached hydrogens (tertiary/aromatic N) is 1. The third-order valence-corrected chi connectivity index (χ3v) is 1.66. The van der Waals surface area contributed by atoms with Crippen LogP contribution in [0.25, 0.3) is 0 Å².